The molecule has 2 bridgehead atoms. The molecule has 1 saturated heterocycles. The summed E-state index contributed by atoms with van der Waals surface area (Å²) in [5, 5.41) is 18.8. The zero-order valence-electron chi connectivity index (χ0n) is 25.3. The topological polar surface area (TPSA) is 68.9 Å². The average molecular weight is 555 g/mol. The van der Waals surface area contributed by atoms with Crippen LogP contribution in [0.15, 0.2) is 49.2 Å². The molecule has 3 aliphatic rings. The van der Waals surface area contributed by atoms with E-state index in [1.165, 1.54) is 23.1 Å². The van der Waals surface area contributed by atoms with Gasteiger partial charge in [-0.15, -0.1) is 0 Å². The molecule has 218 valence electrons. The van der Waals surface area contributed by atoms with Crippen LogP contribution in [0.4, 0.5) is 5.82 Å². The number of hydrogen-bond acceptors (Lipinski definition) is 6. The molecule has 0 spiro atoms. The Morgan fingerprint density at radius 2 is 1.80 bits per heavy atom. The van der Waals surface area contributed by atoms with Crippen LogP contribution in [-0.2, 0) is 11.8 Å². The number of nitrogens with zero attached hydrogens (tertiary/aromatic N) is 5. The van der Waals surface area contributed by atoms with Gasteiger partial charge >= 0.3 is 0 Å². The molecular formula is C34H46N6O. The molecule has 6 rings (SSSR count). The Labute approximate surface area is 245 Å². The Morgan fingerprint density at radius 1 is 1.00 bits per heavy atom. The van der Waals surface area contributed by atoms with Gasteiger partial charge in [-0.2, -0.15) is 9.61 Å². The van der Waals surface area contributed by atoms with Crippen molar-refractivity contribution < 1.29 is 5.11 Å². The number of aliphatic hydroxyl groups is 1. The number of nitrogens with one attached hydrogen (secondary N) is 1. The summed E-state index contributed by atoms with van der Waals surface area (Å²) in [5.74, 6) is 1.34. The number of benzene rings is 1. The number of piperidine rings is 1. The molecule has 3 aromatic rings. The summed E-state index contributed by atoms with van der Waals surface area (Å²) in [6.45, 7) is 18.5. The van der Waals surface area contributed by atoms with Crippen LogP contribution in [0, 0.1) is 0 Å². The normalized spacial score (nSPS) is 24.2. The zero-order valence-corrected chi connectivity index (χ0v) is 25.3. The molecule has 0 radical (unpaired) electrons. The first-order valence-electron chi connectivity index (χ1n) is 15.4. The van der Waals surface area contributed by atoms with E-state index in [1.54, 1.807) is 0 Å². The highest BCUT2D eigenvalue weighted by molar-refractivity contribution is 5.67. The number of likely N-dealkylation sites (N-methyl/N-ethyl adjacent to an activating group) is 1. The molecule has 1 aliphatic carbocycles. The van der Waals surface area contributed by atoms with Crippen molar-refractivity contribution in [2.24, 2.45) is 0 Å². The van der Waals surface area contributed by atoms with E-state index in [0.29, 0.717) is 5.92 Å². The van der Waals surface area contributed by atoms with Gasteiger partial charge in [-0.25, -0.2) is 4.98 Å². The van der Waals surface area contributed by atoms with Gasteiger partial charge in [0.05, 0.1) is 17.8 Å². The van der Waals surface area contributed by atoms with Gasteiger partial charge in [0.15, 0.2) is 5.65 Å². The summed E-state index contributed by atoms with van der Waals surface area (Å²) in [5.41, 5.74) is 9.11. The number of aliphatic hydroxyl groups excluding tert-OH is 1. The Balaban J connectivity index is 1.46. The van der Waals surface area contributed by atoms with Gasteiger partial charge in [-0.05, 0) is 67.6 Å². The number of anilines is 1. The van der Waals surface area contributed by atoms with Gasteiger partial charge in [-0.3, -0.25) is 0 Å². The minimum Gasteiger partial charge on any atom is -0.393 e. The molecule has 2 N–H and O–H groups in total. The number of aryl methyl sites for hydroxylation is 1. The second kappa shape index (κ2) is 10.8. The van der Waals surface area contributed by atoms with E-state index in [9.17, 15) is 5.11 Å². The van der Waals surface area contributed by atoms with Crippen molar-refractivity contribution in [3.63, 3.8) is 0 Å². The third kappa shape index (κ3) is 5.49. The fraction of sp³-hybridized carbons (Fsp3) is 0.529. The highest BCUT2D eigenvalue weighted by Crippen LogP contribution is 2.40. The van der Waals surface area contributed by atoms with E-state index in [-0.39, 0.29) is 17.6 Å². The summed E-state index contributed by atoms with van der Waals surface area (Å²) in [4.78, 5) is 9.84. The summed E-state index contributed by atoms with van der Waals surface area (Å²) < 4.78 is 2.02. The molecule has 0 unspecified atom stereocenters. The van der Waals surface area contributed by atoms with Crippen molar-refractivity contribution >= 4 is 17.2 Å². The molecule has 2 aliphatic heterocycles. The fourth-order valence-electron chi connectivity index (χ4n) is 6.60. The summed E-state index contributed by atoms with van der Waals surface area (Å²) in [6, 6.07) is 11.5. The van der Waals surface area contributed by atoms with E-state index >= 15 is 0 Å². The van der Waals surface area contributed by atoms with Crippen molar-refractivity contribution in [1.29, 1.82) is 0 Å². The summed E-state index contributed by atoms with van der Waals surface area (Å²) in [7, 11) is 2.13. The van der Waals surface area contributed by atoms with Crippen LogP contribution < -0.4 is 10.2 Å². The second-order valence-electron chi connectivity index (χ2n) is 13.4. The third-order valence-electron chi connectivity index (χ3n) is 9.37. The molecule has 7 heteroatoms. The Hall–Kier alpha value is -3.32. The molecule has 1 saturated carbocycles. The number of hydrogen-bond donors (Lipinski definition) is 2. The van der Waals surface area contributed by atoms with E-state index in [1.807, 2.05) is 4.52 Å². The van der Waals surface area contributed by atoms with Crippen LogP contribution in [0.2, 0.25) is 0 Å². The van der Waals surface area contributed by atoms with Gasteiger partial charge in [0.25, 0.3) is 0 Å². The van der Waals surface area contributed by atoms with Gasteiger partial charge in [0.2, 0.25) is 0 Å². The second-order valence-corrected chi connectivity index (χ2v) is 13.4. The van der Waals surface area contributed by atoms with Crippen LogP contribution in [0.25, 0.3) is 11.3 Å². The van der Waals surface area contributed by atoms with Crippen LogP contribution in [-0.4, -0.2) is 57.4 Å². The lowest BCUT2D eigenvalue weighted by molar-refractivity contribution is 0.0733. The number of rotatable bonds is 1. The summed E-state index contributed by atoms with van der Waals surface area (Å²) >= 11 is 0. The van der Waals surface area contributed by atoms with E-state index in [2.05, 4.69) is 79.8 Å². The fourth-order valence-corrected chi connectivity index (χ4v) is 6.60. The van der Waals surface area contributed by atoms with Gasteiger partial charge in [0.1, 0.15) is 5.82 Å². The molecule has 2 aromatic heterocycles. The minimum absolute atomic E-state index is 0.0564. The lowest BCUT2D eigenvalue weighted by Gasteiger charge is -2.39. The van der Waals surface area contributed by atoms with E-state index in [0.717, 1.165) is 92.4 Å². The monoisotopic (exact) mass is 554 g/mol. The standard InChI is InChI=1S/C34H46N6O/c1-22-10-11-24-12-13-26(34(3,4)5)19-28(24)23(2)39-15-8-7-9-31(39)30-20-32-36-29(25-17-27(41)18-25)21-33(40(32)37-30)38(6)16-14-35-22/h12-13,19-21,25,27,31,35,41H,1-2,7-11,14-18H2,3-6H3/t25?,27?,31-/m0/s1. The van der Waals surface area contributed by atoms with Crippen molar-refractivity contribution in [3.05, 3.63) is 77.3 Å². The summed E-state index contributed by atoms with van der Waals surface area (Å²) in [6.07, 6.45) is 6.52. The Morgan fingerprint density at radius 3 is 2.56 bits per heavy atom. The predicted octanol–water partition coefficient (Wildman–Crippen LogP) is 5.95. The first kappa shape index (κ1) is 27.8. The van der Waals surface area contributed by atoms with Crippen LogP contribution in [0.1, 0.15) is 99.3 Å². The maximum absolute atomic E-state index is 9.99. The molecule has 2 fully saturated rings. The van der Waals surface area contributed by atoms with Gasteiger partial charge < -0.3 is 20.2 Å². The quantitative estimate of drug-likeness (QED) is 0.388. The molecule has 1 atom stereocenters. The van der Waals surface area contributed by atoms with E-state index in [4.69, 9.17) is 16.7 Å². The largest absolute Gasteiger partial charge is 0.393 e. The Kier molecular flexibility index (Phi) is 7.35. The van der Waals surface area contributed by atoms with Crippen LogP contribution in [0.5, 0.6) is 0 Å². The first-order chi connectivity index (χ1) is 19.6. The number of fused-ring (bicyclic) bond motifs is 4. The zero-order chi connectivity index (χ0) is 28.9. The van der Waals surface area contributed by atoms with Gasteiger partial charge in [-0.1, -0.05) is 46.1 Å². The van der Waals surface area contributed by atoms with Crippen molar-refractivity contribution in [2.45, 2.75) is 89.2 Å². The number of allylic oxidation sites excluding steroid dienone is 1. The van der Waals surface area contributed by atoms with Crippen LogP contribution in [0.3, 0.4) is 0 Å². The maximum atomic E-state index is 9.99. The molecule has 7 nitrogen and oxygen atoms in total. The lowest BCUT2D eigenvalue weighted by Crippen LogP contribution is -2.33. The minimum atomic E-state index is -0.215. The molecule has 4 heterocycles. The SMILES string of the molecule is C=C1CCc2ccc(C(C)(C)C)cc2C(=C)N2CCCC[C@H]2c2cc3nc(C4CC(O)C4)cc(n3n2)N(C)CCN1. The van der Waals surface area contributed by atoms with Crippen molar-refractivity contribution in [2.75, 3.05) is 31.6 Å². The van der Waals surface area contributed by atoms with Crippen molar-refractivity contribution in [1.82, 2.24) is 24.8 Å². The lowest BCUT2D eigenvalue weighted by atomic mass is 9.80. The Bertz CT molecular complexity index is 1460. The highest BCUT2D eigenvalue weighted by Gasteiger charge is 2.33. The first-order valence-corrected chi connectivity index (χ1v) is 15.4. The maximum Gasteiger partial charge on any atom is 0.157 e. The molecule has 1 aromatic carbocycles. The predicted molar refractivity (Wildman–Crippen MR) is 167 cm³/mol. The molecular weight excluding hydrogens is 508 g/mol. The van der Waals surface area contributed by atoms with E-state index < -0.39 is 0 Å². The van der Waals surface area contributed by atoms with Crippen molar-refractivity contribution in [3.8, 4) is 0 Å². The third-order valence-corrected chi connectivity index (χ3v) is 9.37. The smallest absolute Gasteiger partial charge is 0.157 e. The van der Waals surface area contributed by atoms with Gasteiger partial charge in [0, 0.05) is 67.4 Å². The molecule has 0 amide bonds. The highest BCUT2D eigenvalue weighted by atomic mass is 16.3. The molecule has 41 heavy (non-hydrogen) atoms. The number of aromatic nitrogens is 3. The average Bonchev–Trinajstić information content (AvgIpc) is 3.36. The van der Waals surface area contributed by atoms with Crippen LogP contribution >= 0.6 is 0 Å².